The van der Waals surface area contributed by atoms with Crippen LogP contribution in [0.5, 0.6) is 0 Å². The lowest BCUT2D eigenvalue weighted by Gasteiger charge is -2.37. The minimum absolute atomic E-state index is 0.0121. The SMILES string of the molecule is CCOC(=O)C1C(C)=C(C=O)NC1CC(=O)N1C[C@@H](C)N[C@@H](C)C1. The summed E-state index contributed by atoms with van der Waals surface area (Å²) in [5, 5.41) is 6.41. The van der Waals surface area contributed by atoms with Crippen LogP contribution in [0.2, 0.25) is 0 Å². The molecule has 0 aliphatic carbocycles. The van der Waals surface area contributed by atoms with Crippen LogP contribution in [0.3, 0.4) is 0 Å². The number of carbonyl (C=O) groups excluding carboxylic acids is 3. The standard InChI is InChI=1S/C17H27N3O4/c1-5-24-17(23)16-12(4)14(9-21)19-13(16)6-15(22)20-7-10(2)18-11(3)8-20/h9-11,13,16,18-19H,5-8H2,1-4H3/t10-,11+,13?,16?. The number of amides is 1. The van der Waals surface area contributed by atoms with Gasteiger partial charge in [-0.05, 0) is 33.3 Å². The van der Waals surface area contributed by atoms with Crippen LogP contribution in [0.1, 0.15) is 34.1 Å². The molecular weight excluding hydrogens is 310 g/mol. The van der Waals surface area contributed by atoms with Gasteiger partial charge in [0.25, 0.3) is 0 Å². The maximum absolute atomic E-state index is 12.7. The fourth-order valence-electron chi connectivity index (χ4n) is 3.58. The number of aldehydes is 1. The van der Waals surface area contributed by atoms with Crippen molar-refractivity contribution in [1.29, 1.82) is 0 Å². The van der Waals surface area contributed by atoms with E-state index in [9.17, 15) is 14.4 Å². The van der Waals surface area contributed by atoms with Gasteiger partial charge in [0.15, 0.2) is 6.29 Å². The second-order valence-corrected chi connectivity index (χ2v) is 6.67. The molecule has 1 saturated heterocycles. The molecule has 0 saturated carbocycles. The molecule has 2 rings (SSSR count). The normalized spacial score (nSPS) is 30.1. The largest absolute Gasteiger partial charge is 0.465 e. The van der Waals surface area contributed by atoms with E-state index < -0.39 is 12.0 Å². The number of nitrogens with zero attached hydrogens (tertiary/aromatic N) is 1. The number of nitrogens with one attached hydrogen (secondary N) is 2. The monoisotopic (exact) mass is 337 g/mol. The van der Waals surface area contributed by atoms with Gasteiger partial charge in [0.2, 0.25) is 5.91 Å². The molecule has 0 radical (unpaired) electrons. The van der Waals surface area contributed by atoms with E-state index >= 15 is 0 Å². The molecule has 0 spiro atoms. The molecule has 0 aromatic rings. The Morgan fingerprint density at radius 2 is 1.92 bits per heavy atom. The quantitative estimate of drug-likeness (QED) is 0.551. The minimum atomic E-state index is -0.591. The molecule has 7 heteroatoms. The topological polar surface area (TPSA) is 87.7 Å². The number of ether oxygens (including phenoxy) is 1. The van der Waals surface area contributed by atoms with Crippen molar-refractivity contribution in [1.82, 2.24) is 15.5 Å². The summed E-state index contributed by atoms with van der Waals surface area (Å²) in [7, 11) is 0. The van der Waals surface area contributed by atoms with Crippen molar-refractivity contribution < 1.29 is 19.1 Å². The van der Waals surface area contributed by atoms with Crippen LogP contribution in [-0.4, -0.2) is 60.9 Å². The van der Waals surface area contributed by atoms with Gasteiger partial charge in [0, 0.05) is 31.6 Å². The smallest absolute Gasteiger partial charge is 0.315 e. The predicted molar refractivity (Wildman–Crippen MR) is 89.1 cm³/mol. The molecule has 2 unspecified atom stereocenters. The summed E-state index contributed by atoms with van der Waals surface area (Å²) in [5.74, 6) is -0.993. The average molecular weight is 337 g/mol. The second-order valence-electron chi connectivity index (χ2n) is 6.67. The highest BCUT2D eigenvalue weighted by Crippen LogP contribution is 2.28. The first kappa shape index (κ1) is 18.4. The van der Waals surface area contributed by atoms with Crippen LogP contribution in [0, 0.1) is 5.92 Å². The molecule has 0 bridgehead atoms. The fourth-order valence-corrected chi connectivity index (χ4v) is 3.58. The van der Waals surface area contributed by atoms with Crippen molar-refractivity contribution in [3.8, 4) is 0 Å². The van der Waals surface area contributed by atoms with Crippen LogP contribution in [0.15, 0.2) is 11.3 Å². The van der Waals surface area contributed by atoms with Crippen LogP contribution < -0.4 is 10.6 Å². The highest BCUT2D eigenvalue weighted by atomic mass is 16.5. The molecule has 7 nitrogen and oxygen atoms in total. The van der Waals surface area contributed by atoms with Crippen LogP contribution in [-0.2, 0) is 19.1 Å². The highest BCUT2D eigenvalue weighted by Gasteiger charge is 2.40. The molecular formula is C17H27N3O4. The second kappa shape index (κ2) is 7.79. The van der Waals surface area contributed by atoms with Gasteiger partial charge in [-0.15, -0.1) is 0 Å². The third-order valence-corrected chi connectivity index (χ3v) is 4.60. The lowest BCUT2D eigenvalue weighted by atomic mass is 9.92. The number of allylic oxidation sites excluding steroid dienone is 1. The Morgan fingerprint density at radius 3 is 2.46 bits per heavy atom. The Morgan fingerprint density at radius 1 is 1.29 bits per heavy atom. The third-order valence-electron chi connectivity index (χ3n) is 4.60. The molecule has 0 aromatic carbocycles. The molecule has 4 atom stereocenters. The Hall–Kier alpha value is -1.89. The molecule has 2 aliphatic rings. The van der Waals surface area contributed by atoms with E-state index in [1.54, 1.807) is 13.8 Å². The zero-order chi connectivity index (χ0) is 17.9. The number of esters is 1. The maximum atomic E-state index is 12.7. The summed E-state index contributed by atoms with van der Waals surface area (Å²) in [6, 6.07) is 0.0400. The zero-order valence-electron chi connectivity index (χ0n) is 14.8. The maximum Gasteiger partial charge on any atom is 0.315 e. The molecule has 1 amide bonds. The van der Waals surface area contributed by atoms with Crippen molar-refractivity contribution >= 4 is 18.2 Å². The number of hydrogen-bond donors (Lipinski definition) is 2. The van der Waals surface area contributed by atoms with Crippen LogP contribution in [0.25, 0.3) is 0 Å². The Labute approximate surface area is 142 Å². The molecule has 24 heavy (non-hydrogen) atoms. The van der Waals surface area contributed by atoms with E-state index in [-0.39, 0.29) is 37.0 Å². The molecule has 134 valence electrons. The Balaban J connectivity index is 2.08. The average Bonchev–Trinajstić information content (AvgIpc) is 2.82. The first-order valence-corrected chi connectivity index (χ1v) is 8.50. The first-order valence-electron chi connectivity index (χ1n) is 8.50. The van der Waals surface area contributed by atoms with E-state index in [0.717, 1.165) is 0 Å². The molecule has 1 fully saturated rings. The number of rotatable bonds is 5. The Bertz CT molecular complexity index is 536. The summed E-state index contributed by atoms with van der Waals surface area (Å²) in [5.41, 5.74) is 1.02. The van der Waals surface area contributed by atoms with Crippen molar-refractivity contribution in [3.05, 3.63) is 11.3 Å². The molecule has 2 N–H and O–H groups in total. The summed E-state index contributed by atoms with van der Waals surface area (Å²) in [6.45, 7) is 9.12. The van der Waals surface area contributed by atoms with E-state index in [1.807, 2.05) is 18.7 Å². The van der Waals surface area contributed by atoms with Gasteiger partial charge < -0.3 is 20.3 Å². The van der Waals surface area contributed by atoms with Gasteiger partial charge in [-0.2, -0.15) is 0 Å². The van der Waals surface area contributed by atoms with Gasteiger partial charge >= 0.3 is 5.97 Å². The first-order chi connectivity index (χ1) is 11.4. The van der Waals surface area contributed by atoms with Crippen LogP contribution in [0.4, 0.5) is 0 Å². The van der Waals surface area contributed by atoms with Crippen molar-refractivity contribution in [2.45, 2.75) is 52.2 Å². The fraction of sp³-hybridized carbons (Fsp3) is 0.706. The minimum Gasteiger partial charge on any atom is -0.465 e. The molecule has 0 aromatic heterocycles. The summed E-state index contributed by atoms with van der Waals surface area (Å²) in [6.07, 6.45) is 0.860. The summed E-state index contributed by atoms with van der Waals surface area (Å²) >= 11 is 0. The van der Waals surface area contributed by atoms with E-state index in [0.29, 0.717) is 30.6 Å². The summed E-state index contributed by atoms with van der Waals surface area (Å²) in [4.78, 5) is 37.9. The van der Waals surface area contributed by atoms with Gasteiger partial charge in [0.05, 0.1) is 18.3 Å². The van der Waals surface area contributed by atoms with Crippen molar-refractivity contribution in [3.63, 3.8) is 0 Å². The lowest BCUT2D eigenvalue weighted by Crippen LogP contribution is -2.56. The van der Waals surface area contributed by atoms with E-state index in [2.05, 4.69) is 10.6 Å². The van der Waals surface area contributed by atoms with E-state index in [1.165, 1.54) is 0 Å². The van der Waals surface area contributed by atoms with Crippen molar-refractivity contribution in [2.24, 2.45) is 5.92 Å². The van der Waals surface area contributed by atoms with Gasteiger partial charge in [-0.1, -0.05) is 0 Å². The highest BCUT2D eigenvalue weighted by molar-refractivity contribution is 5.86. The van der Waals surface area contributed by atoms with Gasteiger partial charge in [-0.25, -0.2) is 0 Å². The molecule has 2 heterocycles. The van der Waals surface area contributed by atoms with Gasteiger partial charge in [0.1, 0.15) is 5.92 Å². The zero-order valence-corrected chi connectivity index (χ0v) is 14.8. The number of piperazine rings is 1. The predicted octanol–water partition coefficient (Wildman–Crippen LogP) is 0.209. The van der Waals surface area contributed by atoms with Gasteiger partial charge in [-0.3, -0.25) is 14.4 Å². The summed E-state index contributed by atoms with van der Waals surface area (Å²) < 4.78 is 5.12. The Kier molecular flexibility index (Phi) is 5.99. The van der Waals surface area contributed by atoms with E-state index in [4.69, 9.17) is 4.74 Å². The third kappa shape index (κ3) is 3.95. The number of hydrogen-bond acceptors (Lipinski definition) is 6. The molecule has 2 aliphatic heterocycles. The van der Waals surface area contributed by atoms with Crippen molar-refractivity contribution in [2.75, 3.05) is 19.7 Å². The van der Waals surface area contributed by atoms with Crippen LogP contribution >= 0.6 is 0 Å². The lowest BCUT2D eigenvalue weighted by molar-refractivity contribution is -0.147. The number of carbonyl (C=O) groups is 3.